The van der Waals surface area contributed by atoms with Gasteiger partial charge in [0, 0.05) is 36.2 Å². The van der Waals surface area contributed by atoms with E-state index in [1.54, 1.807) is 0 Å². The maximum absolute atomic E-state index is 12.6. The van der Waals surface area contributed by atoms with Crippen molar-refractivity contribution in [3.63, 3.8) is 0 Å². The number of carbonyl (C=O) groups is 1. The summed E-state index contributed by atoms with van der Waals surface area (Å²) in [6.45, 7) is 5.70. The van der Waals surface area contributed by atoms with E-state index in [0.29, 0.717) is 24.7 Å². The molecular weight excluding hydrogens is 432 g/mol. The van der Waals surface area contributed by atoms with Crippen molar-refractivity contribution < 1.29 is 9.21 Å². The summed E-state index contributed by atoms with van der Waals surface area (Å²) in [4.78, 5) is 16.8. The van der Waals surface area contributed by atoms with E-state index in [4.69, 9.17) is 4.42 Å². The quantitative estimate of drug-likeness (QED) is 0.587. The van der Waals surface area contributed by atoms with Crippen LogP contribution in [0.1, 0.15) is 17.0 Å². The third-order valence-electron chi connectivity index (χ3n) is 5.12. The summed E-state index contributed by atoms with van der Waals surface area (Å²) in [6.07, 6.45) is 0.459. The van der Waals surface area contributed by atoms with Crippen LogP contribution < -0.4 is 0 Å². The fraction of sp³-hybridized carbons (Fsp3) is 0.318. The van der Waals surface area contributed by atoms with E-state index in [1.807, 2.05) is 53.4 Å². The molecule has 0 unspecified atom stereocenters. The number of hydrogen-bond donors (Lipinski definition) is 0. The molecule has 6 nitrogen and oxygen atoms in total. The second-order valence-corrected chi connectivity index (χ2v) is 8.24. The first-order chi connectivity index (χ1) is 14.1. The van der Waals surface area contributed by atoms with Gasteiger partial charge in [0.1, 0.15) is 0 Å². The molecule has 7 heteroatoms. The van der Waals surface area contributed by atoms with Gasteiger partial charge in [0.05, 0.1) is 13.0 Å². The number of hydrogen-bond acceptors (Lipinski definition) is 5. The largest absolute Gasteiger partial charge is 0.419 e. The van der Waals surface area contributed by atoms with E-state index in [2.05, 4.69) is 38.0 Å². The average Bonchev–Trinajstić information content (AvgIpc) is 3.19. The van der Waals surface area contributed by atoms with Crippen LogP contribution in [-0.2, 0) is 17.8 Å². The number of aryl methyl sites for hydroxylation is 1. The van der Waals surface area contributed by atoms with Gasteiger partial charge >= 0.3 is 0 Å². The average molecular weight is 455 g/mol. The van der Waals surface area contributed by atoms with Crippen LogP contribution in [0.25, 0.3) is 11.5 Å². The minimum Gasteiger partial charge on any atom is -0.419 e. The van der Waals surface area contributed by atoms with Gasteiger partial charge in [-0.15, -0.1) is 10.2 Å². The van der Waals surface area contributed by atoms with E-state index >= 15 is 0 Å². The van der Waals surface area contributed by atoms with Crippen LogP contribution in [0.3, 0.4) is 0 Å². The molecule has 1 aliphatic heterocycles. The maximum atomic E-state index is 12.6. The highest BCUT2D eigenvalue weighted by Crippen LogP contribution is 2.21. The van der Waals surface area contributed by atoms with Crippen LogP contribution in [0.4, 0.5) is 0 Å². The van der Waals surface area contributed by atoms with Crippen molar-refractivity contribution in [3.8, 4) is 11.5 Å². The number of halogens is 1. The van der Waals surface area contributed by atoms with E-state index in [0.717, 1.165) is 41.8 Å². The first-order valence-corrected chi connectivity index (χ1v) is 10.5. The molecule has 0 spiro atoms. The molecule has 1 aromatic heterocycles. The lowest BCUT2D eigenvalue weighted by atomic mass is 10.1. The highest BCUT2D eigenvalue weighted by atomic mass is 79.9. The third-order valence-corrected chi connectivity index (χ3v) is 5.65. The van der Waals surface area contributed by atoms with E-state index in [-0.39, 0.29) is 5.91 Å². The monoisotopic (exact) mass is 454 g/mol. The number of amides is 1. The van der Waals surface area contributed by atoms with Crippen molar-refractivity contribution in [1.29, 1.82) is 0 Å². The lowest BCUT2D eigenvalue weighted by Gasteiger charge is -2.34. The molecule has 0 radical (unpaired) electrons. The van der Waals surface area contributed by atoms with Gasteiger partial charge in [-0.3, -0.25) is 9.69 Å². The van der Waals surface area contributed by atoms with Crippen LogP contribution in [0.2, 0.25) is 0 Å². The summed E-state index contributed by atoms with van der Waals surface area (Å²) in [5.41, 5.74) is 3.17. The number of piperazine rings is 1. The second-order valence-electron chi connectivity index (χ2n) is 7.33. The molecule has 0 aliphatic carbocycles. The Morgan fingerprint density at radius 1 is 1.00 bits per heavy atom. The second kappa shape index (κ2) is 8.88. The minimum atomic E-state index is 0.184. The highest BCUT2D eigenvalue weighted by Gasteiger charge is 2.22. The molecule has 150 valence electrons. The highest BCUT2D eigenvalue weighted by molar-refractivity contribution is 9.10. The molecule has 1 saturated heterocycles. The first kappa shape index (κ1) is 19.8. The Morgan fingerprint density at radius 3 is 2.38 bits per heavy atom. The number of rotatable bonds is 5. The van der Waals surface area contributed by atoms with Crippen molar-refractivity contribution in [3.05, 3.63) is 70.0 Å². The number of carbonyl (C=O) groups excluding carboxylic acids is 1. The maximum Gasteiger partial charge on any atom is 0.247 e. The summed E-state index contributed by atoms with van der Waals surface area (Å²) in [5, 5.41) is 8.33. The molecular formula is C22H23BrN4O2. The summed E-state index contributed by atoms with van der Waals surface area (Å²) in [5.74, 6) is 1.31. The molecule has 3 aromatic rings. The number of nitrogens with zero attached hydrogens (tertiary/aromatic N) is 4. The first-order valence-electron chi connectivity index (χ1n) is 9.71. The zero-order valence-corrected chi connectivity index (χ0v) is 17.9. The summed E-state index contributed by atoms with van der Waals surface area (Å²) in [6, 6.07) is 15.9. The fourth-order valence-electron chi connectivity index (χ4n) is 3.37. The smallest absolute Gasteiger partial charge is 0.247 e. The summed E-state index contributed by atoms with van der Waals surface area (Å²) < 4.78 is 6.83. The van der Waals surface area contributed by atoms with Gasteiger partial charge in [-0.25, -0.2) is 0 Å². The molecule has 4 rings (SSSR count). The van der Waals surface area contributed by atoms with Crippen molar-refractivity contribution >= 4 is 21.8 Å². The van der Waals surface area contributed by atoms with Crippen LogP contribution >= 0.6 is 15.9 Å². The minimum absolute atomic E-state index is 0.184. The van der Waals surface area contributed by atoms with E-state index in [1.165, 1.54) is 5.56 Å². The van der Waals surface area contributed by atoms with Crippen LogP contribution in [0, 0.1) is 6.92 Å². The summed E-state index contributed by atoms with van der Waals surface area (Å²) in [7, 11) is 0. The zero-order chi connectivity index (χ0) is 20.2. The van der Waals surface area contributed by atoms with Gasteiger partial charge in [-0.2, -0.15) is 0 Å². The molecule has 0 atom stereocenters. The van der Waals surface area contributed by atoms with E-state index in [9.17, 15) is 4.79 Å². The van der Waals surface area contributed by atoms with Crippen LogP contribution in [-0.4, -0.2) is 52.1 Å². The Kier molecular flexibility index (Phi) is 6.06. The Bertz CT molecular complexity index is 961. The van der Waals surface area contributed by atoms with Gasteiger partial charge in [0.15, 0.2) is 0 Å². The van der Waals surface area contributed by atoms with Gasteiger partial charge in [0.25, 0.3) is 0 Å². The number of benzene rings is 2. The Hall–Kier alpha value is -2.51. The van der Waals surface area contributed by atoms with Crippen molar-refractivity contribution in [2.45, 2.75) is 19.9 Å². The Labute approximate surface area is 178 Å². The molecule has 29 heavy (non-hydrogen) atoms. The normalized spacial score (nSPS) is 14.9. The van der Waals surface area contributed by atoms with Crippen LogP contribution in [0.15, 0.2) is 57.4 Å². The van der Waals surface area contributed by atoms with Crippen molar-refractivity contribution in [2.24, 2.45) is 0 Å². The fourth-order valence-corrected chi connectivity index (χ4v) is 3.63. The van der Waals surface area contributed by atoms with Gasteiger partial charge in [0.2, 0.25) is 17.7 Å². The topological polar surface area (TPSA) is 62.5 Å². The predicted molar refractivity (Wildman–Crippen MR) is 114 cm³/mol. The summed E-state index contributed by atoms with van der Waals surface area (Å²) >= 11 is 3.42. The van der Waals surface area contributed by atoms with Gasteiger partial charge in [-0.1, -0.05) is 45.8 Å². The molecule has 0 saturated carbocycles. The van der Waals surface area contributed by atoms with Gasteiger partial charge in [-0.05, 0) is 36.8 Å². The molecule has 0 bridgehead atoms. The van der Waals surface area contributed by atoms with E-state index < -0.39 is 0 Å². The van der Waals surface area contributed by atoms with Gasteiger partial charge < -0.3 is 9.32 Å². The lowest BCUT2D eigenvalue weighted by Crippen LogP contribution is -2.48. The molecule has 1 amide bonds. The molecule has 2 heterocycles. The molecule has 1 aliphatic rings. The molecule has 0 N–H and O–H groups in total. The van der Waals surface area contributed by atoms with Crippen molar-refractivity contribution in [1.82, 2.24) is 20.0 Å². The lowest BCUT2D eigenvalue weighted by molar-refractivity contribution is -0.132. The standard InChI is InChI=1S/C22H23BrN4O2/c1-16-2-4-17(5-3-16)14-21(28)27-12-10-26(11-13-27)15-20-24-25-22(29-20)18-6-8-19(23)9-7-18/h2-9H,10-15H2,1H3. The van der Waals surface area contributed by atoms with Crippen molar-refractivity contribution in [2.75, 3.05) is 26.2 Å². The molecule has 2 aromatic carbocycles. The zero-order valence-electron chi connectivity index (χ0n) is 16.3. The van der Waals surface area contributed by atoms with Crippen LogP contribution in [0.5, 0.6) is 0 Å². The predicted octanol–water partition coefficient (Wildman–Crippen LogP) is 3.69. The SMILES string of the molecule is Cc1ccc(CC(=O)N2CCN(Cc3nnc(-c4ccc(Br)cc4)o3)CC2)cc1. The number of aromatic nitrogens is 2. The Balaban J connectivity index is 1.28. The molecule has 1 fully saturated rings. The Morgan fingerprint density at radius 2 is 1.69 bits per heavy atom. The third kappa shape index (κ3) is 5.10.